The summed E-state index contributed by atoms with van der Waals surface area (Å²) in [5.74, 6) is 1.79. The van der Waals surface area contributed by atoms with E-state index >= 15 is 0 Å². The molecular formula is C14H28N4. The van der Waals surface area contributed by atoms with Gasteiger partial charge < -0.3 is 5.32 Å². The van der Waals surface area contributed by atoms with Crippen LogP contribution in [0, 0.1) is 5.92 Å². The second-order valence-corrected chi connectivity index (χ2v) is 5.12. The maximum absolute atomic E-state index is 4.40. The molecule has 1 rings (SSSR count). The van der Waals surface area contributed by atoms with Gasteiger partial charge in [0.15, 0.2) is 0 Å². The molecule has 1 N–H and O–H groups in total. The first-order valence-corrected chi connectivity index (χ1v) is 7.26. The highest BCUT2D eigenvalue weighted by Gasteiger charge is 2.18. The van der Waals surface area contributed by atoms with E-state index in [-0.39, 0.29) is 0 Å². The molecule has 1 heterocycles. The van der Waals surface area contributed by atoms with Crippen LogP contribution in [0.5, 0.6) is 0 Å². The van der Waals surface area contributed by atoms with E-state index in [1.807, 2.05) is 11.7 Å². The molecule has 0 aromatic carbocycles. The van der Waals surface area contributed by atoms with E-state index in [0.717, 1.165) is 25.2 Å². The summed E-state index contributed by atoms with van der Waals surface area (Å²) in [6.45, 7) is 7.72. The predicted octanol–water partition coefficient (Wildman–Crippen LogP) is 2.64. The van der Waals surface area contributed by atoms with Crippen LogP contribution in [0.1, 0.15) is 52.3 Å². The van der Waals surface area contributed by atoms with Crippen LogP contribution in [0.3, 0.4) is 0 Å². The molecule has 2 unspecified atom stereocenters. The molecule has 18 heavy (non-hydrogen) atoms. The molecule has 4 nitrogen and oxygen atoms in total. The Labute approximate surface area is 111 Å². The van der Waals surface area contributed by atoms with E-state index in [1.54, 1.807) is 6.33 Å². The van der Waals surface area contributed by atoms with Crippen LogP contribution < -0.4 is 5.32 Å². The molecule has 4 heteroatoms. The molecule has 0 aliphatic carbocycles. The van der Waals surface area contributed by atoms with Gasteiger partial charge in [-0.15, -0.1) is 0 Å². The molecule has 0 spiro atoms. The lowest BCUT2D eigenvalue weighted by Crippen LogP contribution is -2.35. The van der Waals surface area contributed by atoms with Crippen LogP contribution in [0.2, 0.25) is 0 Å². The first-order valence-electron chi connectivity index (χ1n) is 7.26. The summed E-state index contributed by atoms with van der Waals surface area (Å²) in [6.07, 6.45) is 7.61. The number of aromatic nitrogens is 3. The molecule has 1 aromatic rings. The predicted molar refractivity (Wildman–Crippen MR) is 75.6 cm³/mol. The molecular weight excluding hydrogens is 224 g/mol. The van der Waals surface area contributed by atoms with Crippen molar-refractivity contribution in [3.63, 3.8) is 0 Å². The summed E-state index contributed by atoms with van der Waals surface area (Å²) in [5.41, 5.74) is 0. The third-order valence-corrected chi connectivity index (χ3v) is 3.60. The van der Waals surface area contributed by atoms with Gasteiger partial charge in [0.25, 0.3) is 0 Å². The summed E-state index contributed by atoms with van der Waals surface area (Å²) in [5, 5.41) is 7.73. The second kappa shape index (κ2) is 8.25. The number of likely N-dealkylation sites (N-methyl/N-ethyl adjacent to an activating group) is 1. The molecule has 0 aliphatic rings. The Kier molecular flexibility index (Phi) is 6.94. The van der Waals surface area contributed by atoms with Crippen LogP contribution in [0.4, 0.5) is 0 Å². The van der Waals surface area contributed by atoms with Crippen molar-refractivity contribution in [1.29, 1.82) is 0 Å². The van der Waals surface area contributed by atoms with Crippen LogP contribution in [0.25, 0.3) is 0 Å². The third kappa shape index (κ3) is 4.41. The zero-order valence-corrected chi connectivity index (χ0v) is 12.3. The van der Waals surface area contributed by atoms with E-state index in [2.05, 4.69) is 36.2 Å². The summed E-state index contributed by atoms with van der Waals surface area (Å²) in [7, 11) is 2.05. The van der Waals surface area contributed by atoms with Crippen LogP contribution in [-0.2, 0) is 13.0 Å². The average molecular weight is 252 g/mol. The normalized spacial score (nSPS) is 14.7. The van der Waals surface area contributed by atoms with E-state index < -0.39 is 0 Å². The zero-order valence-electron chi connectivity index (χ0n) is 12.3. The minimum Gasteiger partial charge on any atom is -0.316 e. The Morgan fingerprint density at radius 1 is 1.33 bits per heavy atom. The average Bonchev–Trinajstić information content (AvgIpc) is 2.81. The maximum atomic E-state index is 4.40. The van der Waals surface area contributed by atoms with Gasteiger partial charge in [-0.3, -0.25) is 4.68 Å². The highest BCUT2D eigenvalue weighted by atomic mass is 15.3. The Morgan fingerprint density at radius 3 is 2.72 bits per heavy atom. The highest BCUT2D eigenvalue weighted by Crippen LogP contribution is 2.15. The number of aryl methyl sites for hydroxylation is 1. The van der Waals surface area contributed by atoms with Gasteiger partial charge in [0.1, 0.15) is 12.2 Å². The summed E-state index contributed by atoms with van der Waals surface area (Å²) >= 11 is 0. The van der Waals surface area contributed by atoms with Crippen molar-refractivity contribution in [3.8, 4) is 0 Å². The summed E-state index contributed by atoms with van der Waals surface area (Å²) < 4.78 is 2.04. The fourth-order valence-corrected chi connectivity index (χ4v) is 2.36. The van der Waals surface area contributed by atoms with Crippen molar-refractivity contribution in [2.24, 2.45) is 5.92 Å². The smallest absolute Gasteiger partial charge is 0.138 e. The Balaban J connectivity index is 2.58. The summed E-state index contributed by atoms with van der Waals surface area (Å²) in [4.78, 5) is 4.40. The van der Waals surface area contributed by atoms with Gasteiger partial charge in [-0.1, -0.05) is 33.6 Å². The van der Waals surface area contributed by atoms with Crippen LogP contribution in [0.15, 0.2) is 6.33 Å². The van der Waals surface area contributed by atoms with Gasteiger partial charge in [-0.25, -0.2) is 4.98 Å². The van der Waals surface area contributed by atoms with Crippen LogP contribution >= 0.6 is 0 Å². The Morgan fingerprint density at radius 2 is 2.11 bits per heavy atom. The Bertz CT molecular complexity index is 321. The number of nitrogens with one attached hydrogen (secondary N) is 1. The first kappa shape index (κ1) is 15.2. The van der Waals surface area contributed by atoms with Crippen molar-refractivity contribution in [2.45, 2.75) is 65.5 Å². The quantitative estimate of drug-likeness (QED) is 0.734. The van der Waals surface area contributed by atoms with Gasteiger partial charge in [-0.2, -0.15) is 5.10 Å². The van der Waals surface area contributed by atoms with E-state index in [0.29, 0.717) is 12.0 Å². The number of unbranched alkanes of at least 4 members (excludes halogenated alkanes) is 1. The van der Waals surface area contributed by atoms with Gasteiger partial charge >= 0.3 is 0 Å². The zero-order chi connectivity index (χ0) is 13.4. The van der Waals surface area contributed by atoms with Crippen molar-refractivity contribution in [1.82, 2.24) is 20.1 Å². The highest BCUT2D eigenvalue weighted by molar-refractivity contribution is 4.91. The SMILES string of the molecule is CCCCC(C)C(Cc1ncnn1CCC)NC. The molecule has 0 aliphatic heterocycles. The van der Waals surface area contributed by atoms with E-state index in [4.69, 9.17) is 0 Å². The minimum absolute atomic E-state index is 0.497. The molecule has 0 radical (unpaired) electrons. The molecule has 0 saturated heterocycles. The number of hydrogen-bond donors (Lipinski definition) is 1. The monoisotopic (exact) mass is 252 g/mol. The summed E-state index contributed by atoms with van der Waals surface area (Å²) in [6, 6.07) is 0.497. The first-order chi connectivity index (χ1) is 8.72. The molecule has 0 saturated carbocycles. The fourth-order valence-electron chi connectivity index (χ4n) is 2.36. The van der Waals surface area contributed by atoms with Crippen LogP contribution in [-0.4, -0.2) is 27.9 Å². The minimum atomic E-state index is 0.497. The second-order valence-electron chi connectivity index (χ2n) is 5.12. The molecule has 0 fully saturated rings. The largest absolute Gasteiger partial charge is 0.316 e. The standard InChI is InChI=1S/C14H28N4/c1-5-7-8-12(3)13(15-4)10-14-16-11-17-18(14)9-6-2/h11-13,15H,5-10H2,1-4H3. The molecule has 2 atom stereocenters. The van der Waals surface area contributed by atoms with Crippen molar-refractivity contribution in [2.75, 3.05) is 7.05 Å². The number of hydrogen-bond acceptors (Lipinski definition) is 3. The molecule has 0 bridgehead atoms. The van der Waals surface area contributed by atoms with Gasteiger partial charge in [0, 0.05) is 19.0 Å². The topological polar surface area (TPSA) is 42.7 Å². The van der Waals surface area contributed by atoms with Gasteiger partial charge in [0.2, 0.25) is 0 Å². The van der Waals surface area contributed by atoms with Crippen molar-refractivity contribution < 1.29 is 0 Å². The molecule has 1 aromatic heterocycles. The molecule has 0 amide bonds. The fraction of sp³-hybridized carbons (Fsp3) is 0.857. The van der Waals surface area contributed by atoms with Gasteiger partial charge in [0.05, 0.1) is 0 Å². The number of nitrogens with zero attached hydrogens (tertiary/aromatic N) is 3. The van der Waals surface area contributed by atoms with Crippen molar-refractivity contribution in [3.05, 3.63) is 12.2 Å². The molecule has 104 valence electrons. The van der Waals surface area contributed by atoms with E-state index in [1.165, 1.54) is 19.3 Å². The lowest BCUT2D eigenvalue weighted by atomic mass is 9.93. The van der Waals surface area contributed by atoms with E-state index in [9.17, 15) is 0 Å². The maximum Gasteiger partial charge on any atom is 0.138 e. The number of rotatable bonds is 9. The Hall–Kier alpha value is -0.900. The third-order valence-electron chi connectivity index (χ3n) is 3.60. The lowest BCUT2D eigenvalue weighted by Gasteiger charge is -2.23. The van der Waals surface area contributed by atoms with Gasteiger partial charge in [-0.05, 0) is 25.8 Å². The van der Waals surface area contributed by atoms with Crippen molar-refractivity contribution >= 4 is 0 Å². The lowest BCUT2D eigenvalue weighted by molar-refractivity contribution is 0.355.